The summed E-state index contributed by atoms with van der Waals surface area (Å²) in [4.78, 5) is 13.8. The Labute approximate surface area is 83.9 Å². The van der Waals surface area contributed by atoms with Gasteiger partial charge in [0.15, 0.2) is 6.29 Å². The Morgan fingerprint density at radius 1 is 1.64 bits per heavy atom. The Kier molecular flexibility index (Phi) is 3.35. The SMILES string of the molecule is Nc1c(CCl)cc(C(F)F)nc1C=O. The van der Waals surface area contributed by atoms with Crippen molar-refractivity contribution in [2.75, 3.05) is 5.73 Å². The lowest BCUT2D eigenvalue weighted by Crippen LogP contribution is -2.04. The van der Waals surface area contributed by atoms with Gasteiger partial charge in [-0.15, -0.1) is 11.6 Å². The Morgan fingerprint density at radius 2 is 2.29 bits per heavy atom. The van der Waals surface area contributed by atoms with Gasteiger partial charge in [0.1, 0.15) is 11.4 Å². The van der Waals surface area contributed by atoms with Crippen molar-refractivity contribution in [3.63, 3.8) is 0 Å². The molecule has 0 saturated carbocycles. The van der Waals surface area contributed by atoms with Crippen molar-refractivity contribution >= 4 is 23.6 Å². The lowest BCUT2D eigenvalue weighted by atomic mass is 10.1. The third-order valence-corrected chi connectivity index (χ3v) is 1.96. The van der Waals surface area contributed by atoms with Crippen LogP contribution >= 0.6 is 11.6 Å². The molecule has 1 aromatic rings. The number of nitrogen functional groups attached to an aromatic ring is 1. The molecule has 14 heavy (non-hydrogen) atoms. The highest BCUT2D eigenvalue weighted by Gasteiger charge is 2.14. The maximum Gasteiger partial charge on any atom is 0.280 e. The van der Waals surface area contributed by atoms with E-state index in [4.69, 9.17) is 17.3 Å². The van der Waals surface area contributed by atoms with E-state index in [0.29, 0.717) is 11.8 Å². The fraction of sp³-hybridized carbons (Fsp3) is 0.250. The number of hydrogen-bond donors (Lipinski definition) is 1. The molecule has 0 atom stereocenters. The highest BCUT2D eigenvalue weighted by Crippen LogP contribution is 2.23. The maximum atomic E-state index is 12.3. The summed E-state index contributed by atoms with van der Waals surface area (Å²) in [5.74, 6) is -0.0328. The quantitative estimate of drug-likeness (QED) is 0.627. The number of carbonyl (C=O) groups is 1. The summed E-state index contributed by atoms with van der Waals surface area (Å²) in [5.41, 5.74) is 5.11. The monoisotopic (exact) mass is 220 g/mol. The van der Waals surface area contributed by atoms with Gasteiger partial charge >= 0.3 is 0 Å². The number of pyridine rings is 1. The van der Waals surface area contributed by atoms with Gasteiger partial charge in [-0.2, -0.15) is 0 Å². The van der Waals surface area contributed by atoms with Crippen LogP contribution in [0.3, 0.4) is 0 Å². The van der Waals surface area contributed by atoms with Gasteiger partial charge in [-0.05, 0) is 11.6 Å². The second-order valence-electron chi connectivity index (χ2n) is 2.56. The third kappa shape index (κ3) is 1.98. The number of halogens is 3. The number of carbonyl (C=O) groups excluding carboxylic acids is 1. The summed E-state index contributed by atoms with van der Waals surface area (Å²) in [5, 5.41) is 0. The molecule has 2 N–H and O–H groups in total. The van der Waals surface area contributed by atoms with Crippen LogP contribution in [0.15, 0.2) is 6.07 Å². The van der Waals surface area contributed by atoms with E-state index >= 15 is 0 Å². The van der Waals surface area contributed by atoms with Gasteiger partial charge in [-0.25, -0.2) is 13.8 Å². The first kappa shape index (κ1) is 10.8. The Hall–Kier alpha value is -1.23. The van der Waals surface area contributed by atoms with Crippen molar-refractivity contribution in [3.8, 4) is 0 Å². The standard InChI is InChI=1S/C8H7ClF2N2O/c9-2-4-1-5(8(10)11)13-6(3-14)7(4)12/h1,3,8H,2,12H2. The number of nitrogens with zero attached hydrogens (tertiary/aromatic N) is 1. The Morgan fingerprint density at radius 3 is 2.71 bits per heavy atom. The smallest absolute Gasteiger partial charge is 0.280 e. The van der Waals surface area contributed by atoms with Crippen LogP contribution in [0, 0.1) is 0 Å². The molecule has 6 heteroatoms. The van der Waals surface area contributed by atoms with Crippen LogP contribution in [0.2, 0.25) is 0 Å². The summed E-state index contributed by atoms with van der Waals surface area (Å²) >= 11 is 5.47. The molecular formula is C8H7ClF2N2O. The van der Waals surface area contributed by atoms with Crippen LogP contribution in [-0.4, -0.2) is 11.3 Å². The normalized spacial score (nSPS) is 10.6. The third-order valence-electron chi connectivity index (χ3n) is 1.67. The Bertz CT molecular complexity index is 357. The van der Waals surface area contributed by atoms with Crippen molar-refractivity contribution in [1.29, 1.82) is 0 Å². The van der Waals surface area contributed by atoms with Gasteiger partial charge in [0.05, 0.1) is 5.69 Å². The molecule has 1 heterocycles. The predicted molar refractivity (Wildman–Crippen MR) is 48.6 cm³/mol. The van der Waals surface area contributed by atoms with E-state index in [0.717, 1.165) is 6.07 Å². The second kappa shape index (κ2) is 4.32. The maximum absolute atomic E-state index is 12.3. The lowest BCUT2D eigenvalue weighted by molar-refractivity contribution is 0.111. The Balaban J connectivity index is 3.31. The zero-order chi connectivity index (χ0) is 10.7. The van der Waals surface area contributed by atoms with Crippen LogP contribution < -0.4 is 5.73 Å². The zero-order valence-corrected chi connectivity index (χ0v) is 7.76. The van der Waals surface area contributed by atoms with Crippen LogP contribution in [0.1, 0.15) is 28.2 Å². The van der Waals surface area contributed by atoms with Crippen LogP contribution in [0.5, 0.6) is 0 Å². The molecule has 0 bridgehead atoms. The number of aldehydes is 1. The minimum absolute atomic E-state index is 0.0328. The lowest BCUT2D eigenvalue weighted by Gasteiger charge is -2.07. The van der Waals surface area contributed by atoms with E-state index in [1.807, 2.05) is 0 Å². The summed E-state index contributed by atoms with van der Waals surface area (Å²) in [6.07, 6.45) is -2.41. The molecule has 0 amide bonds. The highest BCUT2D eigenvalue weighted by molar-refractivity contribution is 6.17. The van der Waals surface area contributed by atoms with Crippen molar-refractivity contribution in [2.24, 2.45) is 0 Å². The number of anilines is 1. The number of aromatic nitrogens is 1. The van der Waals surface area contributed by atoms with Crippen molar-refractivity contribution in [2.45, 2.75) is 12.3 Å². The molecule has 0 aliphatic heterocycles. The summed E-state index contributed by atoms with van der Waals surface area (Å²) < 4.78 is 24.5. The van der Waals surface area contributed by atoms with Crippen molar-refractivity contribution in [3.05, 3.63) is 23.0 Å². The van der Waals surface area contributed by atoms with Gasteiger partial charge in [-0.1, -0.05) is 0 Å². The molecular weight excluding hydrogens is 214 g/mol. The molecule has 0 aliphatic carbocycles. The molecule has 1 aromatic heterocycles. The van der Waals surface area contributed by atoms with Crippen LogP contribution in [-0.2, 0) is 5.88 Å². The van der Waals surface area contributed by atoms with E-state index in [1.54, 1.807) is 0 Å². The number of hydrogen-bond acceptors (Lipinski definition) is 3. The molecule has 0 radical (unpaired) electrons. The van der Waals surface area contributed by atoms with E-state index in [2.05, 4.69) is 4.98 Å². The molecule has 0 unspecified atom stereocenters. The van der Waals surface area contributed by atoms with Gasteiger partial charge < -0.3 is 5.73 Å². The minimum Gasteiger partial charge on any atom is -0.397 e. The second-order valence-corrected chi connectivity index (χ2v) is 2.82. The first-order chi connectivity index (χ1) is 6.60. The van der Waals surface area contributed by atoms with Gasteiger partial charge in [-0.3, -0.25) is 4.79 Å². The van der Waals surface area contributed by atoms with Crippen LogP contribution in [0.4, 0.5) is 14.5 Å². The molecule has 1 rings (SSSR count). The molecule has 0 saturated heterocycles. The number of alkyl halides is 3. The molecule has 0 spiro atoms. The average molecular weight is 221 g/mol. The molecule has 0 aliphatic rings. The van der Waals surface area contributed by atoms with Crippen LogP contribution in [0.25, 0.3) is 0 Å². The minimum atomic E-state index is -2.74. The molecule has 76 valence electrons. The predicted octanol–water partition coefficient (Wildman–Crippen LogP) is 2.15. The van der Waals surface area contributed by atoms with Gasteiger partial charge in [0, 0.05) is 5.88 Å². The highest BCUT2D eigenvalue weighted by atomic mass is 35.5. The summed E-state index contributed by atoms with van der Waals surface area (Å²) in [6.45, 7) is 0. The first-order valence-corrected chi connectivity index (χ1v) is 4.22. The summed E-state index contributed by atoms with van der Waals surface area (Å²) in [7, 11) is 0. The van der Waals surface area contributed by atoms with E-state index < -0.39 is 12.1 Å². The van der Waals surface area contributed by atoms with E-state index in [1.165, 1.54) is 0 Å². The number of nitrogens with two attached hydrogens (primary N) is 1. The topological polar surface area (TPSA) is 56.0 Å². The fourth-order valence-electron chi connectivity index (χ4n) is 0.965. The van der Waals surface area contributed by atoms with E-state index in [-0.39, 0.29) is 17.3 Å². The average Bonchev–Trinajstić information content (AvgIpc) is 2.17. The zero-order valence-electron chi connectivity index (χ0n) is 7.01. The molecule has 3 nitrogen and oxygen atoms in total. The molecule has 0 aromatic carbocycles. The van der Waals surface area contributed by atoms with Crippen molar-refractivity contribution in [1.82, 2.24) is 4.98 Å². The molecule has 0 fully saturated rings. The van der Waals surface area contributed by atoms with Crippen molar-refractivity contribution < 1.29 is 13.6 Å². The fourth-order valence-corrected chi connectivity index (χ4v) is 1.19. The van der Waals surface area contributed by atoms with E-state index in [9.17, 15) is 13.6 Å². The van der Waals surface area contributed by atoms with Gasteiger partial charge in [0.25, 0.3) is 6.43 Å². The number of rotatable bonds is 3. The van der Waals surface area contributed by atoms with Gasteiger partial charge in [0.2, 0.25) is 0 Å². The first-order valence-electron chi connectivity index (χ1n) is 3.68. The summed E-state index contributed by atoms with van der Waals surface area (Å²) in [6, 6.07) is 1.10. The largest absolute Gasteiger partial charge is 0.397 e.